The molecule has 2 atom stereocenters. The molecule has 0 radical (unpaired) electrons. The maximum atomic E-state index is 13.0. The summed E-state index contributed by atoms with van der Waals surface area (Å²) in [7, 11) is 4.07. The first-order valence-corrected chi connectivity index (χ1v) is 8.77. The van der Waals surface area contributed by atoms with Crippen molar-refractivity contribution in [1.29, 1.82) is 0 Å². The number of aromatic amines is 1. The molecule has 138 valence electrons. The number of H-pyrrole nitrogens is 1. The van der Waals surface area contributed by atoms with E-state index in [0.29, 0.717) is 30.2 Å². The molecular weight excluding hydrogens is 334 g/mol. The minimum atomic E-state index is 0.0137. The molecule has 1 amide bonds. The van der Waals surface area contributed by atoms with Crippen LogP contribution >= 0.6 is 0 Å². The molecule has 1 N–H and O–H groups in total. The van der Waals surface area contributed by atoms with E-state index in [4.69, 9.17) is 9.47 Å². The van der Waals surface area contributed by atoms with Crippen LogP contribution < -0.4 is 9.47 Å². The van der Waals surface area contributed by atoms with Crippen LogP contribution in [0.5, 0.6) is 11.5 Å². The van der Waals surface area contributed by atoms with Gasteiger partial charge in [0, 0.05) is 30.6 Å². The normalized spacial score (nSPS) is 22.1. The van der Waals surface area contributed by atoms with Gasteiger partial charge in [-0.3, -0.25) is 9.89 Å². The molecule has 4 rings (SSSR count). The highest BCUT2D eigenvalue weighted by Crippen LogP contribution is 2.34. The van der Waals surface area contributed by atoms with Crippen molar-refractivity contribution in [3.63, 3.8) is 0 Å². The Kier molecular flexibility index (Phi) is 4.28. The quantitative estimate of drug-likeness (QED) is 0.894. The van der Waals surface area contributed by atoms with Gasteiger partial charge >= 0.3 is 0 Å². The molecule has 0 unspecified atom stereocenters. The number of benzene rings is 1. The number of carbonyl (C=O) groups is 1. The summed E-state index contributed by atoms with van der Waals surface area (Å²) in [4.78, 5) is 21.5. The number of aryl methyl sites for hydroxylation is 1. The molecule has 2 aliphatic heterocycles. The van der Waals surface area contributed by atoms with E-state index in [0.717, 1.165) is 18.1 Å². The van der Waals surface area contributed by atoms with Gasteiger partial charge in [-0.15, -0.1) is 0 Å². The third-order valence-electron chi connectivity index (χ3n) is 5.10. The molecule has 2 aromatic rings. The van der Waals surface area contributed by atoms with Crippen molar-refractivity contribution < 1.29 is 14.3 Å². The second-order valence-electron chi connectivity index (χ2n) is 7.02. The highest BCUT2D eigenvalue weighted by atomic mass is 16.7. The number of carbonyl (C=O) groups excluding carboxylic acids is 1. The molecule has 1 aromatic carbocycles. The smallest absolute Gasteiger partial charge is 0.254 e. The predicted molar refractivity (Wildman–Crippen MR) is 94.4 cm³/mol. The Hall–Kier alpha value is -2.61. The van der Waals surface area contributed by atoms with E-state index >= 15 is 0 Å². The molecule has 0 saturated carbocycles. The van der Waals surface area contributed by atoms with Crippen molar-refractivity contribution in [3.8, 4) is 11.5 Å². The number of amides is 1. The van der Waals surface area contributed by atoms with E-state index in [1.807, 2.05) is 25.9 Å². The number of likely N-dealkylation sites (N-methyl/N-ethyl adjacent to an activating group) is 1. The van der Waals surface area contributed by atoms with Gasteiger partial charge < -0.3 is 19.3 Å². The minimum absolute atomic E-state index is 0.0137. The summed E-state index contributed by atoms with van der Waals surface area (Å²) in [5.74, 6) is 3.18. The summed E-state index contributed by atoms with van der Waals surface area (Å²) < 4.78 is 10.7. The van der Waals surface area contributed by atoms with Crippen molar-refractivity contribution in [1.82, 2.24) is 25.0 Å². The Morgan fingerprint density at radius 2 is 2.12 bits per heavy atom. The Labute approximate surface area is 152 Å². The topological polar surface area (TPSA) is 83.6 Å². The largest absolute Gasteiger partial charge is 0.454 e. The van der Waals surface area contributed by atoms with Crippen LogP contribution in [0.1, 0.15) is 34.3 Å². The van der Waals surface area contributed by atoms with Crippen molar-refractivity contribution in [3.05, 3.63) is 35.4 Å². The monoisotopic (exact) mass is 357 g/mol. The van der Waals surface area contributed by atoms with Crippen molar-refractivity contribution in [2.45, 2.75) is 25.3 Å². The molecule has 0 aliphatic carbocycles. The molecule has 1 saturated heterocycles. The summed E-state index contributed by atoms with van der Waals surface area (Å²) in [6, 6.07) is 5.52. The molecule has 2 aliphatic rings. The van der Waals surface area contributed by atoms with Crippen LogP contribution in [0, 0.1) is 6.92 Å². The van der Waals surface area contributed by atoms with Gasteiger partial charge in [-0.05, 0) is 45.6 Å². The van der Waals surface area contributed by atoms with Gasteiger partial charge in [0.2, 0.25) is 6.79 Å². The Morgan fingerprint density at radius 1 is 1.31 bits per heavy atom. The fourth-order valence-electron chi connectivity index (χ4n) is 3.68. The molecule has 1 aromatic heterocycles. The maximum absolute atomic E-state index is 13.0. The van der Waals surface area contributed by atoms with E-state index in [2.05, 4.69) is 20.1 Å². The molecule has 8 nitrogen and oxygen atoms in total. The number of aromatic nitrogens is 3. The fraction of sp³-hybridized carbons (Fsp3) is 0.500. The van der Waals surface area contributed by atoms with Crippen molar-refractivity contribution in [2.75, 3.05) is 34.0 Å². The minimum Gasteiger partial charge on any atom is -0.454 e. The van der Waals surface area contributed by atoms with Crippen LogP contribution in [0.4, 0.5) is 0 Å². The van der Waals surface area contributed by atoms with E-state index in [1.165, 1.54) is 0 Å². The molecule has 0 bridgehead atoms. The number of rotatable bonds is 3. The number of ether oxygens (including phenoxy) is 2. The average molecular weight is 357 g/mol. The number of likely N-dealkylation sites (tertiary alicyclic amines) is 1. The van der Waals surface area contributed by atoms with Gasteiger partial charge in [-0.1, -0.05) is 0 Å². The number of piperidine rings is 1. The Balaban J connectivity index is 1.53. The van der Waals surface area contributed by atoms with Gasteiger partial charge in [0.25, 0.3) is 5.91 Å². The SMILES string of the molecule is Cc1nc([C@H]2CCN(C(=O)c3ccc4c(c3)OCO4)C[C@H]2N(C)C)n[nH]1. The van der Waals surface area contributed by atoms with Crippen LogP contribution in [0.15, 0.2) is 18.2 Å². The lowest BCUT2D eigenvalue weighted by Crippen LogP contribution is -2.51. The summed E-state index contributed by atoms with van der Waals surface area (Å²) in [6.45, 7) is 3.42. The molecule has 3 heterocycles. The Bertz CT molecular complexity index is 819. The second kappa shape index (κ2) is 6.60. The van der Waals surface area contributed by atoms with Crippen LogP contribution in [0.25, 0.3) is 0 Å². The van der Waals surface area contributed by atoms with Crippen molar-refractivity contribution in [2.24, 2.45) is 0 Å². The Morgan fingerprint density at radius 3 is 2.85 bits per heavy atom. The number of hydrogen-bond donors (Lipinski definition) is 1. The zero-order valence-electron chi connectivity index (χ0n) is 15.2. The molecule has 0 spiro atoms. The summed E-state index contributed by atoms with van der Waals surface area (Å²) in [6.07, 6.45) is 0.830. The first-order valence-electron chi connectivity index (χ1n) is 8.77. The number of fused-ring (bicyclic) bond motifs is 1. The highest BCUT2D eigenvalue weighted by Gasteiger charge is 2.36. The second-order valence-corrected chi connectivity index (χ2v) is 7.02. The summed E-state index contributed by atoms with van der Waals surface area (Å²) in [5, 5.41) is 7.27. The molecule has 26 heavy (non-hydrogen) atoms. The number of hydrogen-bond acceptors (Lipinski definition) is 6. The fourth-order valence-corrected chi connectivity index (χ4v) is 3.68. The van der Waals surface area contributed by atoms with Crippen LogP contribution in [-0.4, -0.2) is 70.9 Å². The molecule has 1 fully saturated rings. The van der Waals surface area contributed by atoms with Crippen LogP contribution in [-0.2, 0) is 0 Å². The lowest BCUT2D eigenvalue weighted by atomic mass is 9.89. The van der Waals surface area contributed by atoms with Crippen molar-refractivity contribution >= 4 is 5.91 Å². The number of nitrogens with one attached hydrogen (secondary N) is 1. The third-order valence-corrected chi connectivity index (χ3v) is 5.10. The van der Waals surface area contributed by atoms with Gasteiger partial charge in [-0.25, -0.2) is 4.98 Å². The van der Waals surface area contributed by atoms with Gasteiger partial charge in [-0.2, -0.15) is 5.10 Å². The maximum Gasteiger partial charge on any atom is 0.254 e. The van der Waals surface area contributed by atoms with Crippen LogP contribution in [0.3, 0.4) is 0 Å². The van der Waals surface area contributed by atoms with Gasteiger partial charge in [0.15, 0.2) is 17.3 Å². The van der Waals surface area contributed by atoms with Gasteiger partial charge in [0.1, 0.15) is 5.82 Å². The summed E-state index contributed by atoms with van der Waals surface area (Å²) >= 11 is 0. The highest BCUT2D eigenvalue weighted by molar-refractivity contribution is 5.95. The molecule has 8 heteroatoms. The van der Waals surface area contributed by atoms with E-state index in [1.54, 1.807) is 18.2 Å². The van der Waals surface area contributed by atoms with Crippen LogP contribution in [0.2, 0.25) is 0 Å². The van der Waals surface area contributed by atoms with E-state index in [9.17, 15) is 4.79 Å². The zero-order chi connectivity index (χ0) is 18.3. The third kappa shape index (κ3) is 3.01. The lowest BCUT2D eigenvalue weighted by molar-refractivity contribution is 0.0591. The first-order chi connectivity index (χ1) is 12.5. The first kappa shape index (κ1) is 16.8. The lowest BCUT2D eigenvalue weighted by Gasteiger charge is -2.40. The summed E-state index contributed by atoms with van der Waals surface area (Å²) in [5.41, 5.74) is 0.624. The number of nitrogens with zero attached hydrogens (tertiary/aromatic N) is 4. The molecular formula is C18H23N5O3. The van der Waals surface area contributed by atoms with E-state index < -0.39 is 0 Å². The standard InChI is InChI=1S/C18H23N5O3/c1-11-19-17(21-20-11)13-6-7-23(9-14(13)22(2)3)18(24)12-4-5-15-16(8-12)26-10-25-15/h4-5,8,13-14H,6-7,9-10H2,1-3H3,(H,19,20,21)/t13-,14+/m0/s1. The van der Waals surface area contributed by atoms with E-state index in [-0.39, 0.29) is 24.7 Å². The average Bonchev–Trinajstić information content (AvgIpc) is 3.28. The van der Waals surface area contributed by atoms with Gasteiger partial charge in [0.05, 0.1) is 0 Å². The predicted octanol–water partition coefficient (Wildman–Crippen LogP) is 1.40. The zero-order valence-corrected chi connectivity index (χ0v) is 15.2.